The highest BCUT2D eigenvalue weighted by molar-refractivity contribution is 6.53. The summed E-state index contributed by atoms with van der Waals surface area (Å²) in [6, 6.07) is 28.6. The molecule has 0 aliphatic heterocycles. The highest BCUT2D eigenvalue weighted by Crippen LogP contribution is 2.35. The lowest BCUT2D eigenvalue weighted by Gasteiger charge is -2.18. The maximum absolute atomic E-state index is 9.10. The Morgan fingerprint density at radius 3 is 1.66 bits per heavy atom. The van der Waals surface area contributed by atoms with E-state index in [4.69, 9.17) is 36.1 Å². The minimum Gasteiger partial charge on any atom is -0.492 e. The molecule has 7 heteroatoms. The molecule has 0 saturated heterocycles. The minimum absolute atomic E-state index is 0.688. The van der Waals surface area contributed by atoms with E-state index in [9.17, 15) is 0 Å². The number of rotatable bonds is 9. The van der Waals surface area contributed by atoms with Gasteiger partial charge >= 0.3 is 11.9 Å². The van der Waals surface area contributed by atoms with Crippen LogP contribution in [-0.4, -0.2) is 53.3 Å². The first-order valence-corrected chi connectivity index (χ1v) is 11.7. The zero-order chi connectivity index (χ0) is 25.6. The van der Waals surface area contributed by atoms with E-state index in [0.717, 1.165) is 52.7 Å². The number of hydrogen-bond donors (Lipinski definition) is 2. The highest BCUT2D eigenvalue weighted by Gasteiger charge is 2.12. The number of nitrogens with zero attached hydrogens (tertiary/aromatic N) is 1. The van der Waals surface area contributed by atoms with Crippen LogP contribution in [0.3, 0.4) is 0 Å². The molecule has 0 saturated carbocycles. The van der Waals surface area contributed by atoms with Gasteiger partial charge in [0.2, 0.25) is 0 Å². The van der Waals surface area contributed by atoms with Crippen molar-refractivity contribution in [3.8, 4) is 5.75 Å². The van der Waals surface area contributed by atoms with Gasteiger partial charge in [-0.05, 0) is 41.9 Å². The van der Waals surface area contributed by atoms with Gasteiger partial charge in [0.05, 0.1) is 5.03 Å². The molecule has 0 aliphatic rings. The van der Waals surface area contributed by atoms with E-state index < -0.39 is 11.9 Å². The van der Waals surface area contributed by atoms with E-state index in [0.29, 0.717) is 6.61 Å². The Bertz CT molecular complexity index is 1080. The van der Waals surface area contributed by atoms with Gasteiger partial charge in [-0.1, -0.05) is 98.2 Å². The summed E-state index contributed by atoms with van der Waals surface area (Å²) in [5.74, 6) is -2.77. The molecule has 35 heavy (non-hydrogen) atoms. The second-order valence-electron chi connectivity index (χ2n) is 7.43. The molecule has 184 valence electrons. The first kappa shape index (κ1) is 27.6. The third-order valence-corrected chi connectivity index (χ3v) is 5.61. The molecule has 0 heterocycles. The quantitative estimate of drug-likeness (QED) is 0.291. The van der Waals surface area contributed by atoms with Crippen LogP contribution in [0.4, 0.5) is 0 Å². The molecule has 6 nitrogen and oxygen atoms in total. The number of carbonyl (C=O) groups is 2. The first-order chi connectivity index (χ1) is 16.9. The second-order valence-corrected chi connectivity index (χ2v) is 7.81. The Kier molecular flexibility index (Phi) is 11.5. The summed E-state index contributed by atoms with van der Waals surface area (Å²) >= 11 is 6.87. The monoisotopic (exact) mass is 495 g/mol. The molecule has 0 amide bonds. The molecular formula is C28H30ClNO5. The van der Waals surface area contributed by atoms with Gasteiger partial charge in [0.25, 0.3) is 0 Å². The van der Waals surface area contributed by atoms with Gasteiger partial charge in [-0.3, -0.25) is 0 Å². The summed E-state index contributed by atoms with van der Waals surface area (Å²) in [6.45, 7) is 8.05. The zero-order valence-electron chi connectivity index (χ0n) is 19.9. The lowest BCUT2D eigenvalue weighted by Crippen LogP contribution is -2.27. The fraction of sp³-hybridized carbons (Fsp3) is 0.214. The first-order valence-electron chi connectivity index (χ1n) is 11.3. The Morgan fingerprint density at radius 2 is 1.20 bits per heavy atom. The van der Waals surface area contributed by atoms with Crippen LogP contribution in [0.2, 0.25) is 0 Å². The van der Waals surface area contributed by atoms with Crippen molar-refractivity contribution in [3.63, 3.8) is 0 Å². The van der Waals surface area contributed by atoms with Crippen molar-refractivity contribution >= 4 is 34.1 Å². The van der Waals surface area contributed by atoms with Crippen molar-refractivity contribution in [2.24, 2.45) is 0 Å². The molecule has 3 aromatic rings. The average Bonchev–Trinajstić information content (AvgIpc) is 2.89. The smallest absolute Gasteiger partial charge is 0.414 e. The summed E-state index contributed by atoms with van der Waals surface area (Å²) in [6.07, 6.45) is 0. The minimum atomic E-state index is -1.82. The van der Waals surface area contributed by atoms with Gasteiger partial charge < -0.3 is 19.8 Å². The molecule has 0 aliphatic carbocycles. The average molecular weight is 496 g/mol. The van der Waals surface area contributed by atoms with Gasteiger partial charge in [0, 0.05) is 12.1 Å². The molecule has 0 radical (unpaired) electrons. The molecule has 0 spiro atoms. The van der Waals surface area contributed by atoms with Gasteiger partial charge in [-0.25, -0.2) is 9.59 Å². The van der Waals surface area contributed by atoms with Crippen molar-refractivity contribution in [2.45, 2.75) is 13.8 Å². The second kappa shape index (κ2) is 14.6. The maximum Gasteiger partial charge on any atom is 0.414 e. The topological polar surface area (TPSA) is 87.1 Å². The van der Waals surface area contributed by atoms with Crippen molar-refractivity contribution in [1.29, 1.82) is 0 Å². The number of likely N-dealkylation sites (N-methyl/N-ethyl adjacent to an activating group) is 1. The molecule has 0 aromatic heterocycles. The van der Waals surface area contributed by atoms with Crippen LogP contribution in [0.25, 0.3) is 10.6 Å². The molecule has 2 N–H and O–H groups in total. The third-order valence-electron chi connectivity index (χ3n) is 5.21. The number of carboxylic acids is 2. The van der Waals surface area contributed by atoms with E-state index >= 15 is 0 Å². The van der Waals surface area contributed by atoms with Crippen molar-refractivity contribution in [2.75, 3.05) is 26.2 Å². The molecule has 0 fully saturated rings. The van der Waals surface area contributed by atoms with Crippen molar-refractivity contribution in [1.82, 2.24) is 4.90 Å². The fourth-order valence-electron chi connectivity index (χ4n) is 3.30. The number of benzene rings is 3. The number of carboxylic acid groups (broad SMARTS) is 2. The van der Waals surface area contributed by atoms with Crippen LogP contribution in [0.1, 0.15) is 30.5 Å². The molecule has 0 unspecified atom stereocenters. The predicted molar refractivity (Wildman–Crippen MR) is 140 cm³/mol. The number of ether oxygens (including phenoxy) is 1. The standard InChI is InChI=1S/C26H28ClNO.C2H2O4/c1-3-28(4-2)19-20-29-24-17-15-22(16-18-24)25(21-11-7-5-8-12-21)26(27)23-13-9-6-10-14-23;3-1(4)2(5)6/h5-18H,3-4,19-20H2,1-2H3;(H,3,4)(H,5,6)/b26-25+;. The van der Waals surface area contributed by atoms with E-state index in [1.807, 2.05) is 60.7 Å². The van der Waals surface area contributed by atoms with Crippen LogP contribution in [0.5, 0.6) is 5.75 Å². The third kappa shape index (κ3) is 8.92. The summed E-state index contributed by atoms with van der Waals surface area (Å²) in [5.41, 5.74) is 4.19. The summed E-state index contributed by atoms with van der Waals surface area (Å²) in [4.78, 5) is 20.6. The number of aliphatic carboxylic acids is 2. The number of hydrogen-bond acceptors (Lipinski definition) is 4. The summed E-state index contributed by atoms with van der Waals surface area (Å²) < 4.78 is 5.94. The molecular weight excluding hydrogens is 466 g/mol. The van der Waals surface area contributed by atoms with Crippen molar-refractivity contribution in [3.05, 3.63) is 102 Å². The Hall–Kier alpha value is -3.61. The Labute approximate surface area is 211 Å². The van der Waals surface area contributed by atoms with Crippen molar-refractivity contribution < 1.29 is 24.5 Å². The van der Waals surface area contributed by atoms with E-state index in [2.05, 4.69) is 43.0 Å². The normalized spacial score (nSPS) is 11.2. The van der Waals surface area contributed by atoms with Crippen LogP contribution in [0.15, 0.2) is 84.9 Å². The summed E-state index contributed by atoms with van der Waals surface area (Å²) in [7, 11) is 0. The van der Waals surface area contributed by atoms with Crippen LogP contribution >= 0.6 is 11.6 Å². The lowest BCUT2D eigenvalue weighted by atomic mass is 9.95. The number of halogens is 1. The van der Waals surface area contributed by atoms with Crippen LogP contribution in [-0.2, 0) is 9.59 Å². The molecule has 0 atom stereocenters. The zero-order valence-corrected chi connectivity index (χ0v) is 20.6. The predicted octanol–water partition coefficient (Wildman–Crippen LogP) is 5.72. The molecule has 0 bridgehead atoms. The summed E-state index contributed by atoms with van der Waals surface area (Å²) in [5, 5.41) is 15.5. The van der Waals surface area contributed by atoms with Crippen LogP contribution in [0, 0.1) is 0 Å². The van der Waals surface area contributed by atoms with E-state index in [1.165, 1.54) is 0 Å². The van der Waals surface area contributed by atoms with E-state index in [-0.39, 0.29) is 0 Å². The SMILES string of the molecule is CCN(CC)CCOc1ccc(/C(=C(/Cl)c2ccccc2)c2ccccc2)cc1.O=C(O)C(=O)O. The van der Waals surface area contributed by atoms with E-state index in [1.54, 1.807) is 0 Å². The van der Waals surface area contributed by atoms with Gasteiger partial charge in [-0.15, -0.1) is 0 Å². The van der Waals surface area contributed by atoms with Gasteiger partial charge in [0.1, 0.15) is 12.4 Å². The Morgan fingerprint density at radius 1 is 0.743 bits per heavy atom. The van der Waals surface area contributed by atoms with Gasteiger partial charge in [-0.2, -0.15) is 0 Å². The van der Waals surface area contributed by atoms with Gasteiger partial charge in [0.15, 0.2) is 0 Å². The lowest BCUT2D eigenvalue weighted by molar-refractivity contribution is -0.159. The molecule has 3 rings (SSSR count). The largest absolute Gasteiger partial charge is 0.492 e. The maximum atomic E-state index is 9.10. The van der Waals surface area contributed by atoms with Crippen LogP contribution < -0.4 is 4.74 Å². The Balaban J connectivity index is 0.000000641. The molecule has 3 aromatic carbocycles. The highest BCUT2D eigenvalue weighted by atomic mass is 35.5. The fourth-order valence-corrected chi connectivity index (χ4v) is 3.65.